The van der Waals surface area contributed by atoms with E-state index in [1.807, 2.05) is 0 Å². The van der Waals surface area contributed by atoms with Gasteiger partial charge in [-0.15, -0.1) is 9.24 Å². The van der Waals surface area contributed by atoms with Crippen LogP contribution >= 0.6 is 9.24 Å². The number of nitrogens with zero attached hydrogens (tertiary/aromatic N) is 3. The number of hydrogen-bond donors (Lipinski definition) is 0. The predicted molar refractivity (Wildman–Crippen MR) is 84.1 cm³/mol. The molecule has 0 spiro atoms. The van der Waals surface area contributed by atoms with Crippen LogP contribution in [0.4, 0.5) is 13.2 Å². The maximum Gasteiger partial charge on any atom is 0.177 e. The molecule has 23 heavy (non-hydrogen) atoms. The fourth-order valence-corrected chi connectivity index (χ4v) is 3.31. The lowest BCUT2D eigenvalue weighted by Gasteiger charge is -2.15. The number of allylic oxidation sites excluding steroid dienone is 1. The Morgan fingerprint density at radius 3 is 2.74 bits per heavy atom. The first kappa shape index (κ1) is 14.9. The summed E-state index contributed by atoms with van der Waals surface area (Å²) in [6, 6.07) is 1.70. The van der Waals surface area contributed by atoms with Crippen LogP contribution in [-0.4, -0.2) is 14.8 Å². The molecular weight excluding hydrogens is 322 g/mol. The molecule has 3 atom stereocenters. The van der Waals surface area contributed by atoms with Crippen LogP contribution in [0.15, 0.2) is 18.7 Å². The summed E-state index contributed by atoms with van der Waals surface area (Å²) in [6.45, 7) is 3.96. The Hall–Kier alpha value is -1.68. The zero-order chi connectivity index (χ0) is 16.3. The highest BCUT2D eigenvalue weighted by Gasteiger charge is 2.39. The second-order valence-electron chi connectivity index (χ2n) is 6.12. The van der Waals surface area contributed by atoms with Crippen molar-refractivity contribution in [3.8, 4) is 0 Å². The summed E-state index contributed by atoms with van der Waals surface area (Å²) in [7, 11) is 2.22. The average Bonchev–Trinajstić information content (AvgIpc) is 3.20. The van der Waals surface area contributed by atoms with Gasteiger partial charge >= 0.3 is 0 Å². The van der Waals surface area contributed by atoms with Gasteiger partial charge in [0.2, 0.25) is 0 Å². The average molecular weight is 337 g/mol. The van der Waals surface area contributed by atoms with E-state index in [1.54, 1.807) is 0 Å². The Balaban J connectivity index is 1.79. The molecule has 2 heterocycles. The molecule has 2 aromatic rings. The summed E-state index contributed by atoms with van der Waals surface area (Å²) in [6.07, 6.45) is 0.612. The van der Waals surface area contributed by atoms with E-state index in [2.05, 4.69) is 25.9 Å². The van der Waals surface area contributed by atoms with Crippen molar-refractivity contribution < 1.29 is 13.2 Å². The van der Waals surface area contributed by atoms with Gasteiger partial charge in [0.05, 0.1) is 6.04 Å². The van der Waals surface area contributed by atoms with Crippen LogP contribution in [0.5, 0.6) is 0 Å². The molecular formula is C16H15F3N3P. The van der Waals surface area contributed by atoms with Gasteiger partial charge in [-0.2, -0.15) is 5.10 Å². The van der Waals surface area contributed by atoms with Gasteiger partial charge in [-0.05, 0) is 36.5 Å². The van der Waals surface area contributed by atoms with Crippen LogP contribution in [-0.2, 0) is 0 Å². The zero-order valence-electron chi connectivity index (χ0n) is 12.3. The van der Waals surface area contributed by atoms with Crippen LogP contribution in [0.3, 0.4) is 0 Å². The highest BCUT2D eigenvalue weighted by Crippen LogP contribution is 2.44. The Kier molecular flexibility index (Phi) is 3.34. The fraction of sp³-hybridized carbons (Fsp3) is 0.375. The fourth-order valence-electron chi connectivity index (χ4n) is 3.06. The number of fused-ring (bicyclic) bond motifs is 1. The number of alkyl halides is 1. The molecule has 0 amide bonds. The predicted octanol–water partition coefficient (Wildman–Crippen LogP) is 3.48. The molecule has 0 saturated heterocycles. The maximum atomic E-state index is 14.4. The minimum atomic E-state index is -1.39. The highest BCUT2D eigenvalue weighted by molar-refractivity contribution is 7.27. The first-order valence-corrected chi connectivity index (χ1v) is 8.08. The molecule has 1 aromatic carbocycles. The first-order valence-electron chi connectivity index (χ1n) is 7.50. The standard InChI is InChI=1S/C16H15F3N3P/c1-7(8-2-3-8)15-20-16-10(18)6-11(22(16)21-15)13-9(17)4-5-12(23)14(13)19/h4-5,8,10-11H,1-3,6,23H2. The van der Waals surface area contributed by atoms with Crippen LogP contribution < -0.4 is 5.30 Å². The molecule has 1 aliphatic heterocycles. The molecule has 120 valence electrons. The Bertz CT molecular complexity index is 813. The first-order chi connectivity index (χ1) is 11.0. The molecule has 0 bridgehead atoms. The van der Waals surface area contributed by atoms with Gasteiger partial charge in [0.15, 0.2) is 17.8 Å². The van der Waals surface area contributed by atoms with Crippen molar-refractivity contribution in [1.29, 1.82) is 0 Å². The van der Waals surface area contributed by atoms with E-state index in [4.69, 9.17) is 0 Å². The molecule has 2 aliphatic rings. The lowest BCUT2D eigenvalue weighted by Crippen LogP contribution is -2.16. The van der Waals surface area contributed by atoms with Crippen molar-refractivity contribution in [2.24, 2.45) is 5.92 Å². The summed E-state index contributed by atoms with van der Waals surface area (Å²) < 4.78 is 44.2. The van der Waals surface area contributed by atoms with Crippen LogP contribution in [0.1, 0.15) is 48.7 Å². The lowest BCUT2D eigenvalue weighted by molar-refractivity contribution is 0.325. The molecule has 3 nitrogen and oxygen atoms in total. The number of rotatable bonds is 3. The minimum absolute atomic E-state index is 0.0620. The normalized spacial score (nSPS) is 23.1. The van der Waals surface area contributed by atoms with E-state index in [0.717, 1.165) is 18.4 Å². The van der Waals surface area contributed by atoms with Gasteiger partial charge in [0.25, 0.3) is 0 Å². The molecule has 0 radical (unpaired) electrons. The zero-order valence-corrected chi connectivity index (χ0v) is 13.4. The second-order valence-corrected chi connectivity index (χ2v) is 6.74. The van der Waals surface area contributed by atoms with Crippen molar-refractivity contribution in [2.45, 2.75) is 31.5 Å². The van der Waals surface area contributed by atoms with Crippen molar-refractivity contribution in [1.82, 2.24) is 14.8 Å². The van der Waals surface area contributed by atoms with Gasteiger partial charge in [-0.1, -0.05) is 6.58 Å². The summed E-state index contributed by atoms with van der Waals surface area (Å²) in [5.41, 5.74) is 0.617. The van der Waals surface area contributed by atoms with E-state index in [0.29, 0.717) is 11.7 Å². The van der Waals surface area contributed by atoms with Crippen LogP contribution in [0, 0.1) is 17.6 Å². The number of hydrogen-bond acceptors (Lipinski definition) is 2. The van der Waals surface area contributed by atoms with Crippen molar-refractivity contribution in [3.63, 3.8) is 0 Å². The summed E-state index contributed by atoms with van der Waals surface area (Å²) in [4.78, 5) is 4.22. The third kappa shape index (κ3) is 2.31. The quantitative estimate of drug-likeness (QED) is 0.803. The molecule has 3 unspecified atom stereocenters. The Labute approximate surface area is 133 Å². The largest absolute Gasteiger partial charge is 0.239 e. The molecule has 1 aromatic heterocycles. The van der Waals surface area contributed by atoms with Crippen molar-refractivity contribution in [3.05, 3.63) is 47.6 Å². The number of benzene rings is 1. The van der Waals surface area contributed by atoms with E-state index < -0.39 is 23.8 Å². The molecule has 1 fully saturated rings. The lowest BCUT2D eigenvalue weighted by atomic mass is 10.0. The van der Waals surface area contributed by atoms with Crippen LogP contribution in [0.25, 0.3) is 5.57 Å². The molecule has 1 saturated carbocycles. The maximum absolute atomic E-state index is 14.4. The third-order valence-corrected chi connectivity index (χ3v) is 4.96. The molecule has 1 aliphatic carbocycles. The molecule has 0 N–H and O–H groups in total. The minimum Gasteiger partial charge on any atom is -0.239 e. The second kappa shape index (κ2) is 5.17. The van der Waals surface area contributed by atoms with Gasteiger partial charge in [-0.3, -0.25) is 0 Å². The van der Waals surface area contributed by atoms with E-state index in [-0.39, 0.29) is 23.1 Å². The number of halogens is 3. The third-order valence-electron chi connectivity index (χ3n) is 4.51. The van der Waals surface area contributed by atoms with Crippen molar-refractivity contribution >= 4 is 20.1 Å². The molecule has 4 rings (SSSR count). The van der Waals surface area contributed by atoms with Gasteiger partial charge in [0, 0.05) is 17.3 Å². The molecule has 7 heteroatoms. The Morgan fingerprint density at radius 2 is 2.04 bits per heavy atom. The Morgan fingerprint density at radius 1 is 1.30 bits per heavy atom. The number of aromatic nitrogens is 3. The topological polar surface area (TPSA) is 30.7 Å². The van der Waals surface area contributed by atoms with E-state index in [1.165, 1.54) is 16.8 Å². The summed E-state index contributed by atoms with van der Waals surface area (Å²) in [5, 5.41) is 4.54. The van der Waals surface area contributed by atoms with Gasteiger partial charge in [-0.25, -0.2) is 22.8 Å². The van der Waals surface area contributed by atoms with Gasteiger partial charge in [0.1, 0.15) is 11.6 Å². The van der Waals surface area contributed by atoms with Crippen molar-refractivity contribution in [2.75, 3.05) is 0 Å². The highest BCUT2D eigenvalue weighted by atomic mass is 31.0. The van der Waals surface area contributed by atoms with Gasteiger partial charge < -0.3 is 0 Å². The van der Waals surface area contributed by atoms with Crippen LogP contribution in [0.2, 0.25) is 0 Å². The van der Waals surface area contributed by atoms with E-state index >= 15 is 0 Å². The summed E-state index contributed by atoms with van der Waals surface area (Å²) in [5.74, 6) is -0.522. The van der Waals surface area contributed by atoms with E-state index in [9.17, 15) is 13.2 Å². The monoisotopic (exact) mass is 337 g/mol. The SMILES string of the molecule is C=C(c1nc2n(n1)C(c1c(F)ccc(P)c1F)CC2F)C1CC1. The smallest absolute Gasteiger partial charge is 0.177 e. The summed E-state index contributed by atoms with van der Waals surface area (Å²) >= 11 is 0.